The minimum atomic E-state index is 0.124. The van der Waals surface area contributed by atoms with Gasteiger partial charge in [-0.05, 0) is 30.5 Å². The van der Waals surface area contributed by atoms with Crippen LogP contribution in [0.1, 0.15) is 42.2 Å². The van der Waals surface area contributed by atoms with Crippen molar-refractivity contribution in [3.05, 3.63) is 53.6 Å². The van der Waals surface area contributed by atoms with Gasteiger partial charge in [-0.15, -0.1) is 0 Å². The molecule has 152 valence electrons. The molecule has 0 spiro atoms. The molecule has 0 aliphatic heterocycles. The Bertz CT molecular complexity index is 971. The van der Waals surface area contributed by atoms with Crippen LogP contribution in [0.5, 0.6) is 0 Å². The van der Waals surface area contributed by atoms with Gasteiger partial charge in [0.05, 0.1) is 5.69 Å². The fraction of sp³-hybridized carbons (Fsp3) is 0.333. The van der Waals surface area contributed by atoms with Gasteiger partial charge in [-0.2, -0.15) is 4.98 Å². The van der Waals surface area contributed by atoms with Crippen molar-refractivity contribution in [2.75, 3.05) is 7.05 Å². The van der Waals surface area contributed by atoms with Gasteiger partial charge < -0.3 is 4.57 Å². The van der Waals surface area contributed by atoms with Crippen molar-refractivity contribution in [2.24, 2.45) is 0 Å². The number of aldehydes is 1. The Morgan fingerprint density at radius 1 is 1.31 bits per heavy atom. The van der Waals surface area contributed by atoms with Crippen molar-refractivity contribution < 1.29 is 9.59 Å². The zero-order chi connectivity index (χ0) is 20.6. The van der Waals surface area contributed by atoms with Gasteiger partial charge >= 0.3 is 78.1 Å². The molecule has 0 bridgehead atoms. The summed E-state index contributed by atoms with van der Waals surface area (Å²) in [5, 5.41) is 4.35. The third kappa shape index (κ3) is 5.66. The average Bonchev–Trinajstić information content (AvgIpc) is 3.40. The molecule has 8 heteroatoms. The molecular weight excluding hydrogens is 455 g/mol. The molecule has 1 N–H and O–H groups in total. The molecular formula is C21H23ClN4O2Se. The van der Waals surface area contributed by atoms with Crippen LogP contribution in [0.3, 0.4) is 0 Å². The first-order valence-electron chi connectivity index (χ1n) is 9.49. The summed E-state index contributed by atoms with van der Waals surface area (Å²) in [6.07, 6.45) is 7.18. The molecule has 3 aromatic rings. The van der Waals surface area contributed by atoms with Crippen molar-refractivity contribution in [1.82, 2.24) is 19.9 Å². The first kappa shape index (κ1) is 21.5. The molecule has 0 radical (unpaired) electrons. The molecule has 0 atom stereocenters. The Kier molecular flexibility index (Phi) is 7.81. The summed E-state index contributed by atoms with van der Waals surface area (Å²) >= 11 is 6.11. The Balaban J connectivity index is 0.000000177. The number of fused-ring (bicyclic) bond motifs is 1. The molecule has 4 rings (SSSR count). The number of nitrogens with one attached hydrogen (secondary N) is 1. The Morgan fingerprint density at radius 3 is 2.69 bits per heavy atom. The SMILES string of the molecule is CNC(=O)C[Se]c1ccccc1.O=Cc1cc2cnc(Cl)nc2n1C1CCCC1. The van der Waals surface area contributed by atoms with E-state index in [0.717, 1.165) is 30.2 Å². The van der Waals surface area contributed by atoms with E-state index in [1.54, 1.807) is 13.2 Å². The number of carbonyl (C=O) groups excluding carboxylic acids is 2. The fourth-order valence-electron chi connectivity index (χ4n) is 3.38. The first-order chi connectivity index (χ1) is 14.1. The summed E-state index contributed by atoms with van der Waals surface area (Å²) < 4.78 is 3.29. The maximum absolute atomic E-state index is 11.1. The quantitative estimate of drug-likeness (QED) is 0.348. The minimum Gasteiger partial charge on any atom is -0.320 e. The number of nitrogens with zero attached hydrogens (tertiary/aromatic N) is 3. The van der Waals surface area contributed by atoms with Crippen molar-refractivity contribution in [3.63, 3.8) is 0 Å². The fourth-order valence-corrected chi connectivity index (χ4v) is 5.17. The monoisotopic (exact) mass is 478 g/mol. The molecule has 1 aromatic carbocycles. The second kappa shape index (κ2) is 10.5. The van der Waals surface area contributed by atoms with Crippen molar-refractivity contribution in [2.45, 2.75) is 37.0 Å². The van der Waals surface area contributed by atoms with Gasteiger partial charge in [0.15, 0.2) is 6.29 Å². The Labute approximate surface area is 181 Å². The van der Waals surface area contributed by atoms with Gasteiger partial charge in [0.2, 0.25) is 5.28 Å². The van der Waals surface area contributed by atoms with Gasteiger partial charge in [-0.3, -0.25) is 4.79 Å². The second-order valence-corrected chi connectivity index (χ2v) is 9.23. The summed E-state index contributed by atoms with van der Waals surface area (Å²) in [5.74, 6) is 0.124. The zero-order valence-corrected chi connectivity index (χ0v) is 18.6. The maximum atomic E-state index is 11.1. The van der Waals surface area contributed by atoms with Crippen LogP contribution in [-0.2, 0) is 4.79 Å². The molecule has 1 saturated carbocycles. The molecule has 0 saturated heterocycles. The van der Waals surface area contributed by atoms with Crippen molar-refractivity contribution in [3.8, 4) is 0 Å². The van der Waals surface area contributed by atoms with Crippen LogP contribution >= 0.6 is 11.6 Å². The largest absolute Gasteiger partial charge is 0.320 e. The van der Waals surface area contributed by atoms with E-state index < -0.39 is 0 Å². The van der Waals surface area contributed by atoms with Gasteiger partial charge in [-0.1, -0.05) is 12.8 Å². The number of amides is 1. The minimum absolute atomic E-state index is 0.124. The van der Waals surface area contributed by atoms with E-state index in [1.807, 2.05) is 28.8 Å². The molecule has 2 aromatic heterocycles. The van der Waals surface area contributed by atoms with Crippen LogP contribution in [0.15, 0.2) is 42.6 Å². The summed E-state index contributed by atoms with van der Waals surface area (Å²) in [4.78, 5) is 30.2. The summed E-state index contributed by atoms with van der Waals surface area (Å²) in [6, 6.07) is 12.3. The second-order valence-electron chi connectivity index (χ2n) is 6.69. The van der Waals surface area contributed by atoms with E-state index in [-0.39, 0.29) is 26.1 Å². The van der Waals surface area contributed by atoms with E-state index in [0.29, 0.717) is 17.1 Å². The van der Waals surface area contributed by atoms with Crippen LogP contribution < -0.4 is 9.78 Å². The number of rotatable bonds is 5. The molecule has 1 amide bonds. The standard InChI is InChI=1S/C12H12ClN3O.C9H11NOSe/c13-12-14-6-8-5-10(7-17)16(11(8)15-12)9-3-1-2-4-9;1-10-9(11)7-12-8-5-3-2-4-6-8/h5-7,9H,1-4H2;2-6H,7H2,1H3,(H,10,11). The van der Waals surface area contributed by atoms with Crippen molar-refractivity contribution in [1.29, 1.82) is 0 Å². The third-order valence-corrected chi connectivity index (χ3v) is 7.08. The first-order valence-corrected chi connectivity index (χ1v) is 11.9. The third-order valence-electron chi connectivity index (χ3n) is 4.78. The molecule has 1 fully saturated rings. The summed E-state index contributed by atoms with van der Waals surface area (Å²) in [7, 11) is 1.67. The smallest absolute Gasteiger partial charge is 0.224 e. The maximum Gasteiger partial charge on any atom is 0.224 e. The predicted molar refractivity (Wildman–Crippen MR) is 116 cm³/mol. The van der Waals surface area contributed by atoms with Crippen LogP contribution in [0.25, 0.3) is 11.0 Å². The predicted octanol–water partition coefficient (Wildman–Crippen LogP) is 3.19. The van der Waals surface area contributed by atoms with E-state index in [1.165, 1.54) is 17.3 Å². The normalized spacial score (nSPS) is 13.7. The van der Waals surface area contributed by atoms with Gasteiger partial charge in [0.1, 0.15) is 5.65 Å². The van der Waals surface area contributed by atoms with E-state index in [4.69, 9.17) is 11.6 Å². The van der Waals surface area contributed by atoms with Crippen LogP contribution in [0.4, 0.5) is 0 Å². The summed E-state index contributed by atoms with van der Waals surface area (Å²) in [5.41, 5.74) is 1.45. The number of aromatic nitrogens is 3. The van der Waals surface area contributed by atoms with Crippen LogP contribution in [0, 0.1) is 0 Å². The van der Waals surface area contributed by atoms with Gasteiger partial charge in [-0.25, -0.2) is 4.98 Å². The van der Waals surface area contributed by atoms with E-state index in [9.17, 15) is 9.59 Å². The molecule has 1 aliphatic rings. The Hall–Kier alpha value is -2.21. The number of hydrogen-bond acceptors (Lipinski definition) is 4. The number of hydrogen-bond donors (Lipinski definition) is 1. The molecule has 29 heavy (non-hydrogen) atoms. The molecule has 1 aliphatic carbocycles. The Morgan fingerprint density at radius 2 is 2.03 bits per heavy atom. The molecule has 0 unspecified atom stereocenters. The van der Waals surface area contributed by atoms with Crippen LogP contribution in [-0.4, -0.2) is 48.7 Å². The van der Waals surface area contributed by atoms with Crippen molar-refractivity contribution >= 4 is 54.2 Å². The van der Waals surface area contributed by atoms with E-state index in [2.05, 4.69) is 27.4 Å². The number of carbonyl (C=O) groups is 2. The summed E-state index contributed by atoms with van der Waals surface area (Å²) in [6.45, 7) is 0. The number of halogens is 1. The molecule has 2 heterocycles. The molecule has 6 nitrogen and oxygen atoms in total. The zero-order valence-electron chi connectivity index (χ0n) is 16.2. The van der Waals surface area contributed by atoms with Crippen LogP contribution in [0.2, 0.25) is 10.6 Å². The van der Waals surface area contributed by atoms with Gasteiger partial charge in [0, 0.05) is 17.6 Å². The van der Waals surface area contributed by atoms with E-state index >= 15 is 0 Å². The topological polar surface area (TPSA) is 76.9 Å². The average molecular weight is 478 g/mol. The van der Waals surface area contributed by atoms with Gasteiger partial charge in [0.25, 0.3) is 0 Å². The number of benzene rings is 1.